The van der Waals surface area contributed by atoms with Crippen molar-refractivity contribution in [2.45, 2.75) is 104 Å². The zero-order chi connectivity index (χ0) is 24.7. The molecular weight excluding hydrogens is 469 g/mol. The Balaban J connectivity index is 5.06. The highest BCUT2D eigenvalue weighted by Crippen LogP contribution is 2.29. The maximum absolute atomic E-state index is 12.0. The summed E-state index contributed by atoms with van der Waals surface area (Å²) in [5, 5.41) is 9.79. The van der Waals surface area contributed by atoms with Crippen molar-refractivity contribution >= 4 is 45.7 Å². The van der Waals surface area contributed by atoms with Crippen molar-refractivity contribution in [3.63, 3.8) is 0 Å². The number of ether oxygens (including phenoxy) is 2. The van der Waals surface area contributed by atoms with Crippen LogP contribution < -0.4 is 0 Å². The molecule has 1 atom stereocenters. The number of aliphatic hydroxyl groups excluding tert-OH is 1. The van der Waals surface area contributed by atoms with Crippen molar-refractivity contribution in [2.75, 3.05) is 6.61 Å². The second-order valence-corrected chi connectivity index (χ2v) is 27.8. The number of hydrogen-bond acceptors (Lipinski definition) is 8. The zero-order valence-corrected chi connectivity index (χ0v) is 25.3. The van der Waals surface area contributed by atoms with Crippen LogP contribution in [0.3, 0.4) is 0 Å². The van der Waals surface area contributed by atoms with Crippen molar-refractivity contribution in [3.05, 3.63) is 0 Å². The van der Waals surface area contributed by atoms with Gasteiger partial charge in [-0.15, -0.1) is 0 Å². The van der Waals surface area contributed by atoms with Gasteiger partial charge in [0.2, 0.25) is 0 Å². The van der Waals surface area contributed by atoms with Gasteiger partial charge in [-0.25, -0.2) is 4.79 Å². The standard InChI is InChI=1S/C19H44O8Si4/c1-16(2)24-19(22)17(20)15-18(21)23-13-12-14-31(25-28(3,4)5,26-29(6,7)8)27-30(9,10)11/h16-17,20H,12-15H2,1-11H3. The number of hydrogen-bond donors (Lipinski definition) is 1. The van der Waals surface area contributed by atoms with E-state index in [1.807, 2.05) is 0 Å². The smallest absolute Gasteiger partial charge is 0.466 e. The molecule has 0 aliphatic heterocycles. The van der Waals surface area contributed by atoms with Crippen LogP contribution in [0.5, 0.6) is 0 Å². The van der Waals surface area contributed by atoms with E-state index in [2.05, 4.69) is 58.9 Å². The van der Waals surface area contributed by atoms with E-state index < -0.39 is 58.2 Å². The second-order valence-electron chi connectivity index (χ2n) is 10.9. The molecule has 1 N–H and O–H groups in total. The summed E-state index contributed by atoms with van der Waals surface area (Å²) in [4.78, 5) is 23.6. The molecule has 0 aromatic rings. The number of esters is 2. The van der Waals surface area contributed by atoms with Gasteiger partial charge in [0.15, 0.2) is 31.1 Å². The van der Waals surface area contributed by atoms with Gasteiger partial charge >= 0.3 is 20.7 Å². The molecule has 0 rings (SSSR count). The van der Waals surface area contributed by atoms with E-state index in [4.69, 9.17) is 21.8 Å². The Hall–Kier alpha value is -0.352. The lowest BCUT2D eigenvalue weighted by molar-refractivity contribution is -0.163. The fraction of sp³-hybridized carbons (Fsp3) is 0.895. The summed E-state index contributed by atoms with van der Waals surface area (Å²) >= 11 is 0. The minimum absolute atomic E-state index is 0.138. The molecule has 0 saturated carbocycles. The average Bonchev–Trinajstić information content (AvgIpc) is 2.45. The van der Waals surface area contributed by atoms with E-state index in [-0.39, 0.29) is 12.7 Å². The van der Waals surface area contributed by atoms with Crippen LogP contribution in [0, 0.1) is 0 Å². The van der Waals surface area contributed by atoms with Crippen LogP contribution >= 0.6 is 0 Å². The molecule has 0 fully saturated rings. The lowest BCUT2D eigenvalue weighted by Gasteiger charge is -2.42. The van der Waals surface area contributed by atoms with Gasteiger partial charge < -0.3 is 26.9 Å². The highest BCUT2D eigenvalue weighted by atomic mass is 28.5. The number of carbonyl (C=O) groups is 2. The highest BCUT2D eigenvalue weighted by Gasteiger charge is 2.49. The molecule has 0 heterocycles. The molecule has 0 spiro atoms. The molecular formula is C19H44O8Si4. The van der Waals surface area contributed by atoms with Gasteiger partial charge in [0.05, 0.1) is 19.1 Å². The van der Waals surface area contributed by atoms with Gasteiger partial charge in [-0.1, -0.05) is 0 Å². The first kappa shape index (κ1) is 30.6. The largest absolute Gasteiger partial charge is 0.469 e. The van der Waals surface area contributed by atoms with Crippen LogP contribution in [0.1, 0.15) is 26.7 Å². The van der Waals surface area contributed by atoms with Crippen LogP contribution in [-0.2, 0) is 31.4 Å². The predicted octanol–water partition coefficient (Wildman–Crippen LogP) is 4.12. The van der Waals surface area contributed by atoms with E-state index in [9.17, 15) is 14.7 Å². The monoisotopic (exact) mass is 512 g/mol. The second kappa shape index (κ2) is 12.2. The molecule has 0 saturated heterocycles. The Labute approximate surface area is 192 Å². The summed E-state index contributed by atoms with van der Waals surface area (Å²) in [6.07, 6.45) is -1.80. The Bertz CT molecular complexity index is 538. The van der Waals surface area contributed by atoms with Crippen molar-refractivity contribution < 1.29 is 36.5 Å². The van der Waals surface area contributed by atoms with Crippen molar-refractivity contribution in [3.8, 4) is 0 Å². The average molecular weight is 513 g/mol. The van der Waals surface area contributed by atoms with Gasteiger partial charge in [0, 0.05) is 6.04 Å². The fourth-order valence-corrected chi connectivity index (χ4v) is 17.3. The minimum Gasteiger partial charge on any atom is -0.466 e. The predicted molar refractivity (Wildman–Crippen MR) is 131 cm³/mol. The SMILES string of the molecule is CC(C)OC(=O)C(O)CC(=O)OCCC[Si](O[Si](C)(C)C)(O[Si](C)(C)C)O[Si](C)(C)C. The lowest BCUT2D eigenvalue weighted by Crippen LogP contribution is -2.60. The van der Waals surface area contributed by atoms with Gasteiger partial charge in [0.1, 0.15) is 0 Å². The van der Waals surface area contributed by atoms with Crippen LogP contribution in [0.2, 0.25) is 65.0 Å². The Morgan fingerprint density at radius 1 is 0.806 bits per heavy atom. The molecule has 0 bridgehead atoms. The summed E-state index contributed by atoms with van der Waals surface area (Å²) in [6, 6.07) is 0.553. The van der Waals surface area contributed by atoms with Gasteiger partial charge in [0.25, 0.3) is 0 Å². The van der Waals surface area contributed by atoms with Gasteiger partial charge in [-0.3, -0.25) is 4.79 Å². The molecule has 184 valence electrons. The van der Waals surface area contributed by atoms with E-state index in [1.165, 1.54) is 0 Å². The summed E-state index contributed by atoms with van der Waals surface area (Å²) in [6.45, 7) is 22.6. The third kappa shape index (κ3) is 16.0. The van der Waals surface area contributed by atoms with Crippen molar-refractivity contribution in [2.24, 2.45) is 0 Å². The van der Waals surface area contributed by atoms with Crippen molar-refractivity contribution in [1.29, 1.82) is 0 Å². The first-order valence-electron chi connectivity index (χ1n) is 10.9. The normalized spacial score (nSPS) is 14.5. The Morgan fingerprint density at radius 2 is 1.23 bits per heavy atom. The molecule has 31 heavy (non-hydrogen) atoms. The van der Waals surface area contributed by atoms with E-state index >= 15 is 0 Å². The summed E-state index contributed by atoms with van der Waals surface area (Å²) < 4.78 is 29.9. The van der Waals surface area contributed by atoms with E-state index in [1.54, 1.807) is 13.8 Å². The summed E-state index contributed by atoms with van der Waals surface area (Å²) in [7, 11) is -8.85. The quantitative estimate of drug-likeness (QED) is 0.211. The highest BCUT2D eigenvalue weighted by molar-refractivity contribution is 6.90. The van der Waals surface area contributed by atoms with Crippen molar-refractivity contribution in [1.82, 2.24) is 0 Å². The van der Waals surface area contributed by atoms with Crippen LogP contribution in [-0.4, -0.2) is 69.6 Å². The summed E-state index contributed by atoms with van der Waals surface area (Å²) in [5.41, 5.74) is 0. The molecule has 1 unspecified atom stereocenters. The van der Waals surface area contributed by atoms with Gasteiger partial charge in [-0.2, -0.15) is 0 Å². The maximum atomic E-state index is 12.0. The molecule has 0 aliphatic rings. The van der Waals surface area contributed by atoms with Crippen LogP contribution in [0.25, 0.3) is 0 Å². The van der Waals surface area contributed by atoms with Gasteiger partial charge in [-0.05, 0) is 79.2 Å². The zero-order valence-electron chi connectivity index (χ0n) is 21.3. The molecule has 0 aromatic heterocycles. The number of rotatable bonds is 14. The molecule has 0 aromatic carbocycles. The lowest BCUT2D eigenvalue weighted by atomic mass is 10.2. The maximum Gasteiger partial charge on any atom is 0.469 e. The molecule has 0 radical (unpaired) electrons. The third-order valence-electron chi connectivity index (χ3n) is 3.26. The van der Waals surface area contributed by atoms with Crippen LogP contribution in [0.15, 0.2) is 0 Å². The fourth-order valence-electron chi connectivity index (χ4n) is 2.70. The van der Waals surface area contributed by atoms with Crippen LogP contribution in [0.4, 0.5) is 0 Å². The first-order chi connectivity index (χ1) is 13.7. The Kier molecular flexibility index (Phi) is 12.1. The van der Waals surface area contributed by atoms with E-state index in [0.717, 1.165) is 0 Å². The first-order valence-corrected chi connectivity index (χ1v) is 23.0. The summed E-state index contributed by atoms with van der Waals surface area (Å²) in [5.74, 6) is -1.47. The third-order valence-corrected chi connectivity index (χ3v) is 15.3. The minimum atomic E-state index is -2.97. The van der Waals surface area contributed by atoms with E-state index in [0.29, 0.717) is 12.5 Å². The Morgan fingerprint density at radius 3 is 1.58 bits per heavy atom. The molecule has 0 aliphatic carbocycles. The molecule has 8 nitrogen and oxygen atoms in total. The number of carbonyl (C=O) groups excluding carboxylic acids is 2. The topological polar surface area (TPSA) is 101 Å². The molecule has 12 heteroatoms. The number of aliphatic hydroxyl groups is 1. The molecule has 0 amide bonds.